The van der Waals surface area contributed by atoms with Crippen molar-refractivity contribution in [3.8, 4) is 6.07 Å². The van der Waals surface area contributed by atoms with E-state index in [2.05, 4.69) is 43.4 Å². The zero-order valence-electron chi connectivity index (χ0n) is 23.7. The lowest BCUT2D eigenvalue weighted by molar-refractivity contribution is -0.105. The van der Waals surface area contributed by atoms with Crippen molar-refractivity contribution in [2.45, 2.75) is 51.1 Å². The molecular weight excluding hydrogens is 556 g/mol. The summed E-state index contributed by atoms with van der Waals surface area (Å²) in [6.07, 6.45) is 13.3. The third-order valence-corrected chi connectivity index (χ3v) is 9.44. The summed E-state index contributed by atoms with van der Waals surface area (Å²) in [6, 6.07) is 19.9. The lowest BCUT2D eigenvalue weighted by Gasteiger charge is -2.30. The Kier molecular flexibility index (Phi) is 8.57. The molecule has 0 aliphatic heterocycles. The summed E-state index contributed by atoms with van der Waals surface area (Å²) in [5.41, 5.74) is 5.71. The second-order valence-electron chi connectivity index (χ2n) is 11.1. The number of nitriles is 1. The number of nitrogens with zero attached hydrogens (tertiary/aromatic N) is 4. The van der Waals surface area contributed by atoms with Crippen LogP contribution in [0, 0.1) is 17.2 Å². The van der Waals surface area contributed by atoms with E-state index in [0.29, 0.717) is 40.9 Å². The highest BCUT2D eigenvalue weighted by Crippen LogP contribution is 2.45. The van der Waals surface area contributed by atoms with Crippen LogP contribution in [0.3, 0.4) is 0 Å². The summed E-state index contributed by atoms with van der Waals surface area (Å²) in [5.74, 6) is 0.608. The minimum Gasteiger partial charge on any atom is -0.347 e. The number of thiophene rings is 1. The van der Waals surface area contributed by atoms with E-state index in [1.165, 1.54) is 22.6 Å². The molecule has 43 heavy (non-hydrogen) atoms. The quantitative estimate of drug-likeness (QED) is 0.183. The lowest BCUT2D eigenvalue weighted by Crippen LogP contribution is -2.23. The minimum atomic E-state index is -0.211. The molecule has 0 bridgehead atoms. The Balaban J connectivity index is 1.21. The average molecular weight is 589 g/mol. The van der Waals surface area contributed by atoms with Crippen LogP contribution in [0.25, 0.3) is 10.1 Å². The molecule has 2 unspecified atom stereocenters. The molecule has 2 aromatic carbocycles. The highest BCUT2D eigenvalue weighted by molar-refractivity contribution is 7.21. The Morgan fingerprint density at radius 3 is 2.74 bits per heavy atom. The van der Waals surface area contributed by atoms with Gasteiger partial charge in [0.05, 0.1) is 23.6 Å². The fourth-order valence-corrected chi connectivity index (χ4v) is 7.35. The number of nitrogens with one attached hydrogen (secondary N) is 2. The number of carbonyl (C=O) groups is 2. The Labute approximate surface area is 254 Å². The number of aromatic nitrogens is 3. The number of benzene rings is 2. The first-order valence-electron chi connectivity index (χ1n) is 14.5. The Hall–Kier alpha value is -4.81. The highest BCUT2D eigenvalue weighted by atomic mass is 32.1. The van der Waals surface area contributed by atoms with E-state index >= 15 is 0 Å². The van der Waals surface area contributed by atoms with E-state index in [0.717, 1.165) is 59.9 Å². The first kappa shape index (κ1) is 28.3. The maximum atomic E-state index is 13.3. The molecule has 3 heterocycles. The SMILES string of the molecule is N#Cc1ccc(Cn2cncc2CC2CCCC(c3cccc4sc(C(=O)NCc5cccnc5)c(NC=O)c34)C2)cc1. The van der Waals surface area contributed by atoms with Crippen molar-refractivity contribution in [2.75, 3.05) is 5.32 Å². The second-order valence-corrected chi connectivity index (χ2v) is 12.1. The van der Waals surface area contributed by atoms with E-state index in [1.54, 1.807) is 12.4 Å². The molecule has 0 saturated heterocycles. The molecule has 5 aromatic rings. The van der Waals surface area contributed by atoms with Crippen LogP contribution >= 0.6 is 11.3 Å². The number of pyridine rings is 1. The number of fused-ring (bicyclic) bond motifs is 1. The van der Waals surface area contributed by atoms with Crippen molar-refractivity contribution in [3.05, 3.63) is 112 Å². The molecule has 1 aliphatic carbocycles. The zero-order valence-corrected chi connectivity index (χ0v) is 24.5. The topological polar surface area (TPSA) is 113 Å². The Morgan fingerprint density at radius 1 is 1.07 bits per heavy atom. The van der Waals surface area contributed by atoms with Crippen molar-refractivity contribution in [3.63, 3.8) is 0 Å². The molecule has 0 radical (unpaired) electrons. The molecule has 1 aliphatic rings. The van der Waals surface area contributed by atoms with Gasteiger partial charge in [-0.1, -0.05) is 43.2 Å². The first-order valence-corrected chi connectivity index (χ1v) is 15.3. The van der Waals surface area contributed by atoms with E-state index in [9.17, 15) is 9.59 Å². The predicted molar refractivity (Wildman–Crippen MR) is 168 cm³/mol. The second kappa shape index (κ2) is 13.0. The standard InChI is InChI=1S/C34H32N6O2S/c35-16-23-9-11-24(12-10-23)20-40-21-37-19-28(40)15-25-4-1-6-27(14-25)29-7-2-8-30-31(29)32(39-22-41)33(43-30)34(42)38-18-26-5-3-13-36-17-26/h2-3,5,7-13,17,19,21-22,25,27H,1,4,6,14-15,18,20H2,(H,38,42)(H,39,41). The Morgan fingerprint density at radius 2 is 1.95 bits per heavy atom. The van der Waals surface area contributed by atoms with Crippen LogP contribution < -0.4 is 10.6 Å². The molecule has 2 amide bonds. The maximum Gasteiger partial charge on any atom is 0.263 e. The van der Waals surface area contributed by atoms with Gasteiger partial charge in [0.15, 0.2) is 0 Å². The smallest absolute Gasteiger partial charge is 0.263 e. The largest absolute Gasteiger partial charge is 0.347 e. The number of amides is 2. The molecule has 1 fully saturated rings. The van der Waals surface area contributed by atoms with Gasteiger partial charge in [-0.05, 0) is 72.1 Å². The first-order chi connectivity index (χ1) is 21.1. The number of hydrogen-bond acceptors (Lipinski definition) is 6. The number of anilines is 1. The molecule has 1 saturated carbocycles. The number of rotatable bonds is 10. The van der Waals surface area contributed by atoms with Gasteiger partial charge in [0.25, 0.3) is 5.91 Å². The molecular formula is C34H32N6O2S. The molecule has 3 aromatic heterocycles. The molecule has 9 heteroatoms. The minimum absolute atomic E-state index is 0.211. The summed E-state index contributed by atoms with van der Waals surface area (Å²) < 4.78 is 3.20. The normalized spacial score (nSPS) is 16.4. The van der Waals surface area contributed by atoms with Gasteiger partial charge >= 0.3 is 0 Å². The van der Waals surface area contributed by atoms with Gasteiger partial charge in [-0.15, -0.1) is 11.3 Å². The molecule has 2 atom stereocenters. The zero-order chi connectivity index (χ0) is 29.6. The fraction of sp³-hybridized carbons (Fsp3) is 0.265. The Bertz CT molecular complexity index is 1770. The van der Waals surface area contributed by atoms with Crippen molar-refractivity contribution < 1.29 is 9.59 Å². The lowest BCUT2D eigenvalue weighted by atomic mass is 9.75. The predicted octanol–water partition coefficient (Wildman–Crippen LogP) is 6.43. The van der Waals surface area contributed by atoms with Crippen molar-refractivity contribution >= 4 is 39.4 Å². The molecule has 6 rings (SSSR count). The summed E-state index contributed by atoms with van der Waals surface area (Å²) >= 11 is 1.42. The van der Waals surface area contributed by atoms with Gasteiger partial charge in [0.2, 0.25) is 6.41 Å². The third kappa shape index (κ3) is 6.35. The maximum absolute atomic E-state index is 13.3. The summed E-state index contributed by atoms with van der Waals surface area (Å²) in [7, 11) is 0. The number of imidazole rings is 1. The fourth-order valence-electron chi connectivity index (χ4n) is 6.23. The van der Waals surface area contributed by atoms with Crippen LogP contribution in [0.5, 0.6) is 0 Å². The number of carbonyl (C=O) groups excluding carboxylic acids is 2. The van der Waals surface area contributed by atoms with E-state index in [1.807, 2.05) is 55.0 Å². The third-order valence-electron chi connectivity index (χ3n) is 8.29. The summed E-state index contributed by atoms with van der Waals surface area (Å²) in [4.78, 5) is 34.1. The molecule has 2 N–H and O–H groups in total. The van der Waals surface area contributed by atoms with Gasteiger partial charge in [-0.3, -0.25) is 14.6 Å². The summed E-state index contributed by atoms with van der Waals surface area (Å²) in [6.45, 7) is 1.08. The van der Waals surface area contributed by atoms with Gasteiger partial charge in [-0.25, -0.2) is 4.98 Å². The van der Waals surface area contributed by atoms with Crippen molar-refractivity contribution in [1.29, 1.82) is 5.26 Å². The van der Waals surface area contributed by atoms with Gasteiger partial charge in [0, 0.05) is 47.5 Å². The van der Waals surface area contributed by atoms with E-state index in [-0.39, 0.29) is 5.91 Å². The van der Waals surface area contributed by atoms with Crippen LogP contribution in [0.2, 0.25) is 0 Å². The molecule has 8 nitrogen and oxygen atoms in total. The van der Waals surface area contributed by atoms with E-state index in [4.69, 9.17) is 5.26 Å². The van der Waals surface area contributed by atoms with Crippen LogP contribution in [0.1, 0.15) is 69.2 Å². The van der Waals surface area contributed by atoms with Crippen LogP contribution in [0.15, 0.2) is 79.5 Å². The van der Waals surface area contributed by atoms with Gasteiger partial charge in [-0.2, -0.15) is 5.26 Å². The van der Waals surface area contributed by atoms with Crippen LogP contribution in [-0.2, 0) is 24.3 Å². The molecule has 0 spiro atoms. The van der Waals surface area contributed by atoms with Gasteiger partial charge in [0.1, 0.15) is 4.88 Å². The van der Waals surface area contributed by atoms with E-state index < -0.39 is 0 Å². The average Bonchev–Trinajstić information content (AvgIpc) is 3.65. The van der Waals surface area contributed by atoms with Gasteiger partial charge < -0.3 is 15.2 Å². The van der Waals surface area contributed by atoms with Crippen LogP contribution in [-0.4, -0.2) is 26.9 Å². The monoisotopic (exact) mass is 588 g/mol. The highest BCUT2D eigenvalue weighted by Gasteiger charge is 2.28. The van der Waals surface area contributed by atoms with Crippen LogP contribution in [0.4, 0.5) is 5.69 Å². The number of hydrogen-bond donors (Lipinski definition) is 2. The van der Waals surface area contributed by atoms with Crippen molar-refractivity contribution in [1.82, 2.24) is 19.9 Å². The summed E-state index contributed by atoms with van der Waals surface area (Å²) in [5, 5.41) is 15.9. The van der Waals surface area contributed by atoms with Crippen molar-refractivity contribution in [2.24, 2.45) is 5.92 Å². The molecule has 216 valence electrons.